The summed E-state index contributed by atoms with van der Waals surface area (Å²) in [7, 11) is 0. The second-order valence-electron chi connectivity index (χ2n) is 11.5. The maximum Gasteiger partial charge on any atom is 0.453 e. The quantitative estimate of drug-likeness (QED) is 0.266. The Labute approximate surface area is 246 Å². The van der Waals surface area contributed by atoms with E-state index in [0.29, 0.717) is 29.5 Å². The number of nitrogens with one attached hydrogen (secondary N) is 1. The van der Waals surface area contributed by atoms with E-state index in [-0.39, 0.29) is 18.2 Å². The number of aliphatic hydroxyl groups excluding tert-OH is 1. The molecule has 2 N–H and O–H groups in total. The van der Waals surface area contributed by atoms with Crippen LogP contribution in [0, 0.1) is 0 Å². The normalized spacial score (nSPS) is 20.3. The average molecular weight is 586 g/mol. The van der Waals surface area contributed by atoms with Crippen LogP contribution >= 0.6 is 11.6 Å². The predicted octanol–water partition coefficient (Wildman–Crippen LogP) is 5.81. The maximum absolute atomic E-state index is 13.5. The van der Waals surface area contributed by atoms with Crippen molar-refractivity contribution in [2.24, 2.45) is 0 Å². The van der Waals surface area contributed by atoms with Crippen molar-refractivity contribution in [3.8, 4) is 11.5 Å². The van der Waals surface area contributed by atoms with E-state index >= 15 is 0 Å². The van der Waals surface area contributed by atoms with Crippen molar-refractivity contribution in [2.45, 2.75) is 108 Å². The fourth-order valence-corrected chi connectivity index (χ4v) is 6.02. The largest absolute Gasteiger partial charge is 0.456 e. The van der Waals surface area contributed by atoms with Gasteiger partial charge in [0.25, 0.3) is 0 Å². The third-order valence-electron chi connectivity index (χ3n) is 8.14. The van der Waals surface area contributed by atoms with Crippen molar-refractivity contribution >= 4 is 23.5 Å². The third kappa shape index (κ3) is 7.34. The van der Waals surface area contributed by atoms with Crippen LogP contribution < -0.4 is 14.8 Å². The lowest BCUT2D eigenvalue weighted by Crippen LogP contribution is -2.57. The molecule has 2 saturated carbocycles. The molecule has 8 nitrogen and oxygen atoms in total. The Morgan fingerprint density at radius 3 is 2.15 bits per heavy atom. The van der Waals surface area contributed by atoms with E-state index < -0.39 is 23.8 Å². The summed E-state index contributed by atoms with van der Waals surface area (Å²) >= 11 is 6.05. The third-order valence-corrected chi connectivity index (χ3v) is 8.37. The van der Waals surface area contributed by atoms with Crippen molar-refractivity contribution in [1.82, 2.24) is 5.32 Å². The molecule has 0 radical (unpaired) electrons. The predicted molar refractivity (Wildman–Crippen MR) is 154 cm³/mol. The number of ether oxygens (including phenoxy) is 4. The Morgan fingerprint density at radius 1 is 0.927 bits per heavy atom. The van der Waals surface area contributed by atoms with Gasteiger partial charge in [0.05, 0.1) is 6.10 Å². The van der Waals surface area contributed by atoms with Gasteiger partial charge in [0.1, 0.15) is 12.2 Å². The summed E-state index contributed by atoms with van der Waals surface area (Å²) in [5.41, 5.74) is 1.67. The average Bonchev–Trinajstić information content (AvgIpc) is 3.37. The number of hydrogen-bond acceptors (Lipinski definition) is 8. The molecule has 2 unspecified atom stereocenters. The van der Waals surface area contributed by atoms with Gasteiger partial charge in [-0.25, -0.2) is 9.59 Å². The molecule has 0 spiro atoms. The minimum atomic E-state index is -2.30. The molecule has 0 saturated heterocycles. The van der Waals surface area contributed by atoms with E-state index in [9.17, 15) is 14.7 Å². The molecule has 5 rings (SSSR count). The molecule has 2 fully saturated rings. The first kappa shape index (κ1) is 29.7. The molecule has 1 aliphatic heterocycles. The van der Waals surface area contributed by atoms with Crippen molar-refractivity contribution in [2.75, 3.05) is 6.54 Å². The van der Waals surface area contributed by atoms with Crippen molar-refractivity contribution < 1.29 is 33.6 Å². The molecule has 0 bridgehead atoms. The molecule has 3 aliphatic rings. The monoisotopic (exact) mass is 585 g/mol. The molecule has 41 heavy (non-hydrogen) atoms. The first-order chi connectivity index (χ1) is 19.8. The number of carbonyl (C=O) groups is 2. The van der Waals surface area contributed by atoms with Gasteiger partial charge in [-0.05, 0) is 100 Å². The molecule has 2 aliphatic carbocycles. The number of benzene rings is 2. The lowest BCUT2D eigenvalue weighted by molar-refractivity contribution is -0.210. The minimum absolute atomic E-state index is 0.0153. The fourth-order valence-electron chi connectivity index (χ4n) is 5.82. The Balaban J connectivity index is 1.25. The van der Waals surface area contributed by atoms with E-state index in [1.165, 1.54) is 0 Å². The van der Waals surface area contributed by atoms with Gasteiger partial charge >= 0.3 is 17.7 Å². The Morgan fingerprint density at radius 2 is 1.54 bits per heavy atom. The highest BCUT2D eigenvalue weighted by molar-refractivity contribution is 6.30. The molecular formula is C32H40ClNO7. The van der Waals surface area contributed by atoms with Crippen LogP contribution in [0.5, 0.6) is 11.5 Å². The summed E-state index contributed by atoms with van der Waals surface area (Å²) in [5, 5.41) is 14.5. The van der Waals surface area contributed by atoms with Crippen molar-refractivity contribution in [3.63, 3.8) is 0 Å². The van der Waals surface area contributed by atoms with Crippen molar-refractivity contribution in [3.05, 3.63) is 58.6 Å². The van der Waals surface area contributed by atoms with E-state index in [0.717, 1.165) is 75.3 Å². The van der Waals surface area contributed by atoms with Gasteiger partial charge in [0.15, 0.2) is 11.5 Å². The van der Waals surface area contributed by atoms with Crippen LogP contribution in [0.25, 0.3) is 0 Å². The number of aliphatic hydroxyl groups is 1. The van der Waals surface area contributed by atoms with Gasteiger partial charge in [-0.2, -0.15) is 0 Å². The summed E-state index contributed by atoms with van der Waals surface area (Å²) < 4.78 is 23.6. The zero-order valence-corrected chi connectivity index (χ0v) is 24.4. The van der Waals surface area contributed by atoms with E-state index in [1.807, 2.05) is 25.1 Å². The molecule has 222 valence electrons. The second kappa shape index (κ2) is 13.4. The zero-order valence-electron chi connectivity index (χ0n) is 23.6. The summed E-state index contributed by atoms with van der Waals surface area (Å²) in [6, 6.07) is 12.6. The highest BCUT2D eigenvalue weighted by Crippen LogP contribution is 2.42. The summed E-state index contributed by atoms with van der Waals surface area (Å²) in [6.07, 6.45) is 8.54. The molecule has 2 atom stereocenters. The van der Waals surface area contributed by atoms with Gasteiger partial charge in [0, 0.05) is 17.6 Å². The van der Waals surface area contributed by atoms with E-state index in [2.05, 4.69) is 5.32 Å². The summed E-state index contributed by atoms with van der Waals surface area (Å²) in [4.78, 5) is 27.0. The van der Waals surface area contributed by atoms with Crippen LogP contribution in [-0.4, -0.2) is 47.6 Å². The van der Waals surface area contributed by atoms with Gasteiger partial charge in [-0.3, -0.25) is 0 Å². The molecule has 2 aromatic rings. The molecule has 2 aromatic carbocycles. The maximum atomic E-state index is 13.5. The Hall–Kier alpha value is -2.81. The minimum Gasteiger partial charge on any atom is -0.456 e. The van der Waals surface area contributed by atoms with Crippen molar-refractivity contribution in [1.29, 1.82) is 0 Å². The van der Waals surface area contributed by atoms with Crippen LogP contribution in [0.1, 0.15) is 88.4 Å². The highest BCUT2D eigenvalue weighted by Gasteiger charge is 2.60. The first-order valence-corrected chi connectivity index (χ1v) is 15.3. The van der Waals surface area contributed by atoms with Gasteiger partial charge in [0.2, 0.25) is 0 Å². The van der Waals surface area contributed by atoms with Crippen LogP contribution in [0.3, 0.4) is 0 Å². The second-order valence-corrected chi connectivity index (χ2v) is 12.0. The van der Waals surface area contributed by atoms with Crippen LogP contribution in [0.2, 0.25) is 5.02 Å². The van der Waals surface area contributed by atoms with Gasteiger partial charge in [-0.1, -0.05) is 42.6 Å². The summed E-state index contributed by atoms with van der Waals surface area (Å²) in [5.74, 6) is -3.41. The first-order valence-electron chi connectivity index (χ1n) is 14.9. The standard InChI is InChI=1S/C32H40ClNO7/c1-21(34-20-27(35)23-9-8-10-24(33)19-23)17-22-15-16-28-29(18-22)41-32(40-28,30(36)38-25-11-4-2-5-12-25)31(37)39-26-13-6-3-7-14-26/h8-10,15-16,18-19,21,25-27,34-35H,2-7,11-14,17,20H2,1H3. The molecular weight excluding hydrogens is 546 g/mol. The Bertz CT molecular complexity index is 1180. The van der Waals surface area contributed by atoms with Crippen LogP contribution in [-0.2, 0) is 25.5 Å². The lowest BCUT2D eigenvalue weighted by Gasteiger charge is -2.30. The molecule has 0 aromatic heterocycles. The lowest BCUT2D eigenvalue weighted by atomic mass is 9.97. The molecule has 9 heteroatoms. The van der Waals surface area contributed by atoms with Crippen LogP contribution in [0.15, 0.2) is 42.5 Å². The Kier molecular flexibility index (Phi) is 9.73. The number of fused-ring (bicyclic) bond motifs is 1. The molecule has 0 amide bonds. The fraction of sp³-hybridized carbons (Fsp3) is 0.562. The van der Waals surface area contributed by atoms with Gasteiger partial charge < -0.3 is 29.4 Å². The zero-order chi connectivity index (χ0) is 28.8. The number of carbonyl (C=O) groups excluding carboxylic acids is 2. The number of esters is 2. The smallest absolute Gasteiger partial charge is 0.453 e. The van der Waals surface area contributed by atoms with Crippen LogP contribution in [0.4, 0.5) is 0 Å². The van der Waals surface area contributed by atoms with E-state index in [1.54, 1.807) is 24.3 Å². The topological polar surface area (TPSA) is 103 Å². The highest BCUT2D eigenvalue weighted by atomic mass is 35.5. The number of halogens is 1. The van der Waals surface area contributed by atoms with Gasteiger partial charge in [-0.15, -0.1) is 0 Å². The number of hydrogen-bond donors (Lipinski definition) is 2. The van der Waals surface area contributed by atoms with E-state index in [4.69, 9.17) is 30.5 Å². The summed E-state index contributed by atoms with van der Waals surface area (Å²) in [6.45, 7) is 2.37. The SMILES string of the molecule is CC(Cc1ccc2c(c1)OC(C(=O)OC1CCCCC1)(C(=O)OC1CCCCC1)O2)NCC(O)c1cccc(Cl)c1. The molecule has 1 heterocycles. The number of rotatable bonds is 10.